The highest BCUT2D eigenvalue weighted by molar-refractivity contribution is 6.35. The molecule has 0 atom stereocenters. The topological polar surface area (TPSA) is 79.8 Å². The molecule has 30 heavy (non-hydrogen) atoms. The Balaban J connectivity index is 1.53. The number of fused-ring (bicyclic) bond motifs is 1. The Kier molecular flexibility index (Phi) is 5.70. The van der Waals surface area contributed by atoms with E-state index in [0.29, 0.717) is 11.3 Å². The van der Waals surface area contributed by atoms with E-state index in [2.05, 4.69) is 15.8 Å². The van der Waals surface area contributed by atoms with Gasteiger partial charge in [-0.3, -0.25) is 9.59 Å². The van der Waals surface area contributed by atoms with E-state index in [1.54, 1.807) is 12.1 Å². The zero-order valence-corrected chi connectivity index (χ0v) is 16.1. The lowest BCUT2D eigenvalue weighted by molar-refractivity contribution is -0.139. The summed E-state index contributed by atoms with van der Waals surface area (Å²) in [7, 11) is 0. The zero-order valence-electron chi connectivity index (χ0n) is 16.1. The van der Waals surface area contributed by atoms with E-state index in [1.165, 1.54) is 18.3 Å². The van der Waals surface area contributed by atoms with E-state index in [4.69, 9.17) is 4.74 Å². The molecule has 1 saturated carbocycles. The van der Waals surface area contributed by atoms with Crippen LogP contribution < -0.4 is 15.5 Å². The van der Waals surface area contributed by atoms with Gasteiger partial charge in [-0.15, -0.1) is 0 Å². The van der Waals surface area contributed by atoms with Gasteiger partial charge in [-0.05, 0) is 47.4 Å². The molecule has 0 unspecified atom stereocenters. The first-order valence-corrected chi connectivity index (χ1v) is 9.63. The number of benzene rings is 3. The van der Waals surface area contributed by atoms with Crippen molar-refractivity contribution in [1.82, 2.24) is 10.7 Å². The first-order chi connectivity index (χ1) is 14.6. The summed E-state index contributed by atoms with van der Waals surface area (Å²) < 4.78 is 19.0. The zero-order chi connectivity index (χ0) is 20.9. The minimum Gasteiger partial charge on any atom is -0.488 e. The van der Waals surface area contributed by atoms with Gasteiger partial charge in [0.15, 0.2) is 0 Å². The molecule has 2 amide bonds. The molecule has 152 valence electrons. The van der Waals surface area contributed by atoms with Crippen LogP contribution in [0, 0.1) is 5.82 Å². The van der Waals surface area contributed by atoms with Gasteiger partial charge >= 0.3 is 11.8 Å². The second kappa shape index (κ2) is 8.73. The Morgan fingerprint density at radius 1 is 1.03 bits per heavy atom. The third kappa shape index (κ3) is 4.81. The maximum atomic E-state index is 13.1. The number of nitrogens with zero attached hydrogens (tertiary/aromatic N) is 1. The number of ether oxygens (including phenoxy) is 1. The van der Waals surface area contributed by atoms with Gasteiger partial charge < -0.3 is 10.1 Å². The standard InChI is InChI=1S/C23H20FN3O3/c24-17-8-5-15(6-9-17)14-30-21-12-7-16-3-1-2-4-19(16)20(21)13-25-27-23(29)22(28)26-18-10-11-18/h1-9,12-13,18H,10-11,14H2,(H,26,28)(H,27,29)/b25-13-. The van der Waals surface area contributed by atoms with Crippen molar-refractivity contribution >= 4 is 28.8 Å². The molecule has 3 aromatic rings. The lowest BCUT2D eigenvalue weighted by Crippen LogP contribution is -2.38. The van der Waals surface area contributed by atoms with Crippen LogP contribution in [0.2, 0.25) is 0 Å². The molecular formula is C23H20FN3O3. The molecule has 0 spiro atoms. The number of carbonyl (C=O) groups excluding carboxylic acids is 2. The molecule has 1 aliphatic carbocycles. The highest BCUT2D eigenvalue weighted by Crippen LogP contribution is 2.27. The first kappa shape index (κ1) is 19.6. The molecule has 0 aliphatic heterocycles. The number of rotatable bonds is 6. The number of hydrogen-bond acceptors (Lipinski definition) is 4. The third-order valence-electron chi connectivity index (χ3n) is 4.72. The average molecular weight is 405 g/mol. The number of hydrazone groups is 1. The van der Waals surface area contributed by atoms with Crippen LogP contribution in [0.1, 0.15) is 24.0 Å². The van der Waals surface area contributed by atoms with Crippen LogP contribution >= 0.6 is 0 Å². The summed E-state index contributed by atoms with van der Waals surface area (Å²) in [6, 6.07) is 17.6. The molecule has 2 N–H and O–H groups in total. The Morgan fingerprint density at radius 3 is 2.57 bits per heavy atom. The van der Waals surface area contributed by atoms with E-state index in [-0.39, 0.29) is 18.5 Å². The van der Waals surface area contributed by atoms with Crippen molar-refractivity contribution in [3.05, 3.63) is 77.6 Å². The van der Waals surface area contributed by atoms with E-state index < -0.39 is 11.8 Å². The number of hydrogen-bond donors (Lipinski definition) is 2. The normalized spacial score (nSPS) is 13.4. The van der Waals surface area contributed by atoms with E-state index in [9.17, 15) is 14.0 Å². The summed E-state index contributed by atoms with van der Waals surface area (Å²) in [6.45, 7) is 0.246. The van der Waals surface area contributed by atoms with Crippen LogP contribution in [0.25, 0.3) is 10.8 Å². The number of nitrogens with one attached hydrogen (secondary N) is 2. The number of carbonyl (C=O) groups is 2. The summed E-state index contributed by atoms with van der Waals surface area (Å²) >= 11 is 0. The molecule has 0 radical (unpaired) electrons. The second-order valence-electron chi connectivity index (χ2n) is 7.06. The monoisotopic (exact) mass is 405 g/mol. The van der Waals surface area contributed by atoms with Crippen LogP contribution in [0.15, 0.2) is 65.8 Å². The first-order valence-electron chi connectivity index (χ1n) is 9.63. The number of amides is 2. The predicted octanol–water partition coefficient (Wildman–Crippen LogP) is 3.29. The fourth-order valence-electron chi connectivity index (χ4n) is 2.96. The van der Waals surface area contributed by atoms with Gasteiger partial charge in [0.1, 0.15) is 18.2 Å². The van der Waals surface area contributed by atoms with Gasteiger partial charge in [-0.1, -0.05) is 42.5 Å². The summed E-state index contributed by atoms with van der Waals surface area (Å²) in [5.74, 6) is -1.26. The Bertz CT molecular complexity index is 1110. The minimum atomic E-state index is -0.813. The maximum absolute atomic E-state index is 13.1. The minimum absolute atomic E-state index is 0.0942. The average Bonchev–Trinajstić information content (AvgIpc) is 3.58. The van der Waals surface area contributed by atoms with Gasteiger partial charge in [0, 0.05) is 11.6 Å². The molecule has 6 nitrogen and oxygen atoms in total. The Morgan fingerprint density at radius 2 is 1.80 bits per heavy atom. The van der Waals surface area contributed by atoms with Gasteiger partial charge in [0.05, 0.1) is 6.21 Å². The van der Waals surface area contributed by atoms with Crippen molar-refractivity contribution in [3.63, 3.8) is 0 Å². The molecule has 7 heteroatoms. The summed E-state index contributed by atoms with van der Waals surface area (Å²) in [5, 5.41) is 8.42. The van der Waals surface area contributed by atoms with E-state index >= 15 is 0 Å². The maximum Gasteiger partial charge on any atom is 0.329 e. The molecule has 0 heterocycles. The lowest BCUT2D eigenvalue weighted by Gasteiger charge is -2.12. The fraction of sp³-hybridized carbons (Fsp3) is 0.174. The van der Waals surface area contributed by atoms with Gasteiger partial charge in [0.2, 0.25) is 0 Å². The summed E-state index contributed by atoms with van der Waals surface area (Å²) in [4.78, 5) is 23.6. The summed E-state index contributed by atoms with van der Waals surface area (Å²) in [5.41, 5.74) is 3.74. The van der Waals surface area contributed by atoms with Crippen molar-refractivity contribution in [2.45, 2.75) is 25.5 Å². The molecule has 3 aromatic carbocycles. The largest absolute Gasteiger partial charge is 0.488 e. The molecule has 4 rings (SSSR count). The highest BCUT2D eigenvalue weighted by Gasteiger charge is 2.26. The van der Waals surface area contributed by atoms with E-state index in [1.807, 2.05) is 36.4 Å². The lowest BCUT2D eigenvalue weighted by atomic mass is 10.0. The molecular weight excluding hydrogens is 385 g/mol. The second-order valence-corrected chi connectivity index (χ2v) is 7.06. The highest BCUT2D eigenvalue weighted by atomic mass is 19.1. The van der Waals surface area contributed by atoms with Crippen molar-refractivity contribution < 1.29 is 18.7 Å². The molecule has 1 fully saturated rings. The number of halogens is 1. The Labute approximate surface area is 172 Å². The van der Waals surface area contributed by atoms with Crippen LogP contribution in [0.5, 0.6) is 5.75 Å². The van der Waals surface area contributed by atoms with Crippen LogP contribution in [-0.4, -0.2) is 24.1 Å². The van der Waals surface area contributed by atoms with Crippen LogP contribution in [0.4, 0.5) is 4.39 Å². The van der Waals surface area contributed by atoms with E-state index in [0.717, 1.165) is 29.2 Å². The van der Waals surface area contributed by atoms with Crippen molar-refractivity contribution in [1.29, 1.82) is 0 Å². The smallest absolute Gasteiger partial charge is 0.329 e. The van der Waals surface area contributed by atoms with Crippen molar-refractivity contribution in [2.75, 3.05) is 0 Å². The predicted molar refractivity (Wildman–Crippen MR) is 112 cm³/mol. The molecule has 0 aromatic heterocycles. The van der Waals surface area contributed by atoms with Crippen LogP contribution in [-0.2, 0) is 16.2 Å². The van der Waals surface area contributed by atoms with Crippen molar-refractivity contribution in [3.8, 4) is 5.75 Å². The quantitative estimate of drug-likeness (QED) is 0.375. The fourth-order valence-corrected chi connectivity index (χ4v) is 2.96. The molecule has 0 bridgehead atoms. The SMILES string of the molecule is O=C(N/N=C\c1c(OCc2ccc(F)cc2)ccc2ccccc12)C(=O)NC1CC1. The third-order valence-corrected chi connectivity index (χ3v) is 4.72. The molecule has 1 aliphatic rings. The van der Waals surface area contributed by atoms with Gasteiger partial charge in [-0.2, -0.15) is 5.10 Å². The van der Waals surface area contributed by atoms with Crippen LogP contribution in [0.3, 0.4) is 0 Å². The summed E-state index contributed by atoms with van der Waals surface area (Å²) in [6.07, 6.45) is 3.25. The van der Waals surface area contributed by atoms with Gasteiger partial charge in [0.25, 0.3) is 0 Å². The van der Waals surface area contributed by atoms with Crippen molar-refractivity contribution in [2.24, 2.45) is 5.10 Å². The Hall–Kier alpha value is -3.74. The molecule has 0 saturated heterocycles. The van der Waals surface area contributed by atoms with Gasteiger partial charge in [-0.25, -0.2) is 9.82 Å².